The summed E-state index contributed by atoms with van der Waals surface area (Å²) in [5.41, 5.74) is 6.48. The van der Waals surface area contributed by atoms with Gasteiger partial charge in [0.15, 0.2) is 0 Å². The van der Waals surface area contributed by atoms with E-state index in [1.807, 2.05) is 4.90 Å². The number of nitrogens with two attached hydrogens (primary N) is 1. The normalized spacial score (nSPS) is 21.4. The SMILES string of the molecule is N[C@H]1CCCN(C(=O)c2cccnc2)C1. The molecule has 0 aromatic carbocycles. The van der Waals surface area contributed by atoms with Gasteiger partial charge in [0.05, 0.1) is 5.56 Å². The number of pyridine rings is 1. The first kappa shape index (κ1) is 10.1. The Labute approximate surface area is 89.1 Å². The van der Waals surface area contributed by atoms with Crippen molar-refractivity contribution in [2.75, 3.05) is 13.1 Å². The molecule has 0 radical (unpaired) electrons. The molecule has 1 aliphatic rings. The molecule has 0 unspecified atom stereocenters. The lowest BCUT2D eigenvalue weighted by Gasteiger charge is -2.30. The monoisotopic (exact) mass is 205 g/mol. The van der Waals surface area contributed by atoms with Crippen molar-refractivity contribution in [2.24, 2.45) is 5.73 Å². The average molecular weight is 205 g/mol. The third-order valence-electron chi connectivity index (χ3n) is 2.65. The highest BCUT2D eigenvalue weighted by atomic mass is 16.2. The molecule has 2 rings (SSSR count). The van der Waals surface area contributed by atoms with Crippen molar-refractivity contribution in [3.8, 4) is 0 Å². The van der Waals surface area contributed by atoms with Crippen molar-refractivity contribution >= 4 is 5.91 Å². The van der Waals surface area contributed by atoms with Gasteiger partial charge >= 0.3 is 0 Å². The predicted octanol–water partition coefficient (Wildman–Crippen LogP) is 0.645. The van der Waals surface area contributed by atoms with E-state index in [0.29, 0.717) is 12.1 Å². The Morgan fingerprint density at radius 3 is 3.13 bits per heavy atom. The van der Waals surface area contributed by atoms with Crippen LogP contribution in [0.5, 0.6) is 0 Å². The molecule has 0 saturated carbocycles. The quantitative estimate of drug-likeness (QED) is 0.732. The van der Waals surface area contributed by atoms with Gasteiger partial charge in [-0.25, -0.2) is 0 Å². The van der Waals surface area contributed by atoms with Crippen molar-refractivity contribution in [2.45, 2.75) is 18.9 Å². The van der Waals surface area contributed by atoms with Gasteiger partial charge in [-0.3, -0.25) is 9.78 Å². The minimum Gasteiger partial charge on any atom is -0.337 e. The van der Waals surface area contributed by atoms with Crippen molar-refractivity contribution in [1.29, 1.82) is 0 Å². The summed E-state index contributed by atoms with van der Waals surface area (Å²) in [4.78, 5) is 17.7. The zero-order chi connectivity index (χ0) is 10.7. The summed E-state index contributed by atoms with van der Waals surface area (Å²) in [5.74, 6) is 0.0400. The van der Waals surface area contributed by atoms with Crippen LogP contribution in [0.25, 0.3) is 0 Å². The molecule has 1 aromatic rings. The number of amides is 1. The van der Waals surface area contributed by atoms with Gasteiger partial charge in [0.25, 0.3) is 5.91 Å². The highest BCUT2D eigenvalue weighted by molar-refractivity contribution is 5.93. The van der Waals surface area contributed by atoms with Crippen LogP contribution in [0, 0.1) is 0 Å². The molecule has 0 aliphatic carbocycles. The van der Waals surface area contributed by atoms with Crippen molar-refractivity contribution in [3.05, 3.63) is 30.1 Å². The first-order chi connectivity index (χ1) is 7.27. The Kier molecular flexibility index (Phi) is 2.97. The van der Waals surface area contributed by atoms with Crippen LogP contribution in [0.3, 0.4) is 0 Å². The number of aromatic nitrogens is 1. The number of hydrogen-bond acceptors (Lipinski definition) is 3. The van der Waals surface area contributed by atoms with Gasteiger partial charge in [-0.15, -0.1) is 0 Å². The topological polar surface area (TPSA) is 59.2 Å². The number of likely N-dealkylation sites (tertiary alicyclic amines) is 1. The van der Waals surface area contributed by atoms with Crippen LogP contribution in [0.2, 0.25) is 0 Å². The first-order valence-electron chi connectivity index (χ1n) is 5.22. The lowest BCUT2D eigenvalue weighted by Crippen LogP contribution is -2.45. The second-order valence-electron chi connectivity index (χ2n) is 3.90. The Morgan fingerprint density at radius 2 is 2.47 bits per heavy atom. The third-order valence-corrected chi connectivity index (χ3v) is 2.65. The van der Waals surface area contributed by atoms with E-state index in [2.05, 4.69) is 4.98 Å². The molecule has 0 bridgehead atoms. The van der Waals surface area contributed by atoms with Crippen molar-refractivity contribution in [3.63, 3.8) is 0 Å². The first-order valence-corrected chi connectivity index (χ1v) is 5.22. The molecule has 1 saturated heterocycles. The second-order valence-corrected chi connectivity index (χ2v) is 3.90. The fraction of sp³-hybridized carbons (Fsp3) is 0.455. The summed E-state index contributed by atoms with van der Waals surface area (Å²) >= 11 is 0. The molecule has 1 aliphatic heterocycles. The number of carbonyl (C=O) groups excluding carboxylic acids is 1. The molecule has 1 aromatic heterocycles. The zero-order valence-electron chi connectivity index (χ0n) is 8.60. The molecule has 2 heterocycles. The molecular formula is C11H15N3O. The lowest BCUT2D eigenvalue weighted by molar-refractivity contribution is 0.0708. The van der Waals surface area contributed by atoms with Gasteiger partial charge in [0, 0.05) is 31.5 Å². The zero-order valence-corrected chi connectivity index (χ0v) is 8.60. The largest absolute Gasteiger partial charge is 0.337 e. The summed E-state index contributed by atoms with van der Waals surface area (Å²) in [5, 5.41) is 0. The van der Waals surface area contributed by atoms with E-state index in [-0.39, 0.29) is 11.9 Å². The summed E-state index contributed by atoms with van der Waals surface area (Å²) in [6.07, 6.45) is 5.27. The minimum atomic E-state index is 0.0400. The lowest BCUT2D eigenvalue weighted by atomic mass is 10.1. The molecule has 0 spiro atoms. The fourth-order valence-electron chi connectivity index (χ4n) is 1.87. The van der Waals surface area contributed by atoms with Crippen molar-refractivity contribution < 1.29 is 4.79 Å². The van der Waals surface area contributed by atoms with Crippen LogP contribution in [0.4, 0.5) is 0 Å². The minimum absolute atomic E-state index is 0.0400. The second kappa shape index (κ2) is 4.40. The van der Waals surface area contributed by atoms with Crippen LogP contribution < -0.4 is 5.73 Å². The van der Waals surface area contributed by atoms with Crippen LogP contribution in [0.15, 0.2) is 24.5 Å². The Bertz CT molecular complexity index is 339. The van der Waals surface area contributed by atoms with Crippen LogP contribution >= 0.6 is 0 Å². The van der Waals surface area contributed by atoms with Gasteiger partial charge in [0.1, 0.15) is 0 Å². The molecule has 4 nitrogen and oxygen atoms in total. The van der Waals surface area contributed by atoms with E-state index >= 15 is 0 Å². The van der Waals surface area contributed by atoms with Crippen LogP contribution in [-0.4, -0.2) is 34.9 Å². The number of nitrogens with zero attached hydrogens (tertiary/aromatic N) is 2. The van der Waals surface area contributed by atoms with Gasteiger partial charge in [-0.2, -0.15) is 0 Å². The average Bonchev–Trinajstić information content (AvgIpc) is 2.29. The number of rotatable bonds is 1. The van der Waals surface area contributed by atoms with E-state index in [9.17, 15) is 4.79 Å². The molecule has 1 fully saturated rings. The molecular weight excluding hydrogens is 190 g/mol. The van der Waals surface area contributed by atoms with Gasteiger partial charge in [0.2, 0.25) is 0 Å². The summed E-state index contributed by atoms with van der Waals surface area (Å²) < 4.78 is 0. The highest BCUT2D eigenvalue weighted by Crippen LogP contribution is 2.11. The predicted molar refractivity (Wildman–Crippen MR) is 57.3 cm³/mol. The molecule has 15 heavy (non-hydrogen) atoms. The Morgan fingerprint density at radius 1 is 1.60 bits per heavy atom. The number of carbonyl (C=O) groups is 1. The molecule has 1 amide bonds. The van der Waals surface area contributed by atoms with Gasteiger partial charge in [-0.1, -0.05) is 0 Å². The van der Waals surface area contributed by atoms with Crippen LogP contribution in [-0.2, 0) is 0 Å². The molecule has 2 N–H and O–H groups in total. The van der Waals surface area contributed by atoms with E-state index < -0.39 is 0 Å². The summed E-state index contributed by atoms with van der Waals surface area (Å²) in [7, 11) is 0. The van der Waals surface area contributed by atoms with Gasteiger partial charge in [-0.05, 0) is 25.0 Å². The maximum atomic E-state index is 12.0. The van der Waals surface area contributed by atoms with E-state index in [1.54, 1.807) is 24.5 Å². The Hall–Kier alpha value is -1.42. The van der Waals surface area contributed by atoms with Gasteiger partial charge < -0.3 is 10.6 Å². The fourth-order valence-corrected chi connectivity index (χ4v) is 1.87. The van der Waals surface area contributed by atoms with Crippen LogP contribution in [0.1, 0.15) is 23.2 Å². The molecule has 1 atom stereocenters. The maximum absolute atomic E-state index is 12.0. The molecule has 80 valence electrons. The maximum Gasteiger partial charge on any atom is 0.255 e. The standard InChI is InChI=1S/C11H15N3O/c12-10-4-2-6-14(8-10)11(15)9-3-1-5-13-7-9/h1,3,5,7,10H,2,4,6,8,12H2/t10-/m0/s1. The number of piperidine rings is 1. The van der Waals surface area contributed by atoms with E-state index in [1.165, 1.54) is 0 Å². The summed E-state index contributed by atoms with van der Waals surface area (Å²) in [6.45, 7) is 1.47. The third kappa shape index (κ3) is 2.33. The van der Waals surface area contributed by atoms with E-state index in [0.717, 1.165) is 19.4 Å². The Balaban J connectivity index is 2.08. The summed E-state index contributed by atoms with van der Waals surface area (Å²) in [6, 6.07) is 3.69. The smallest absolute Gasteiger partial charge is 0.255 e. The highest BCUT2D eigenvalue weighted by Gasteiger charge is 2.21. The molecule has 4 heteroatoms. The number of hydrogen-bond donors (Lipinski definition) is 1. The van der Waals surface area contributed by atoms with E-state index in [4.69, 9.17) is 5.73 Å². The van der Waals surface area contributed by atoms with Crippen molar-refractivity contribution in [1.82, 2.24) is 9.88 Å².